The lowest BCUT2D eigenvalue weighted by molar-refractivity contribution is -0.116. The molecule has 1 aromatic carbocycles. The highest BCUT2D eigenvalue weighted by molar-refractivity contribution is 5.94. The highest BCUT2D eigenvalue weighted by Gasteiger charge is 2.22. The van der Waals surface area contributed by atoms with Gasteiger partial charge in [0, 0.05) is 30.5 Å². The molecule has 0 saturated heterocycles. The Labute approximate surface area is 113 Å². The molecule has 1 amide bonds. The second-order valence-corrected chi connectivity index (χ2v) is 4.83. The predicted octanol–water partition coefficient (Wildman–Crippen LogP) is 2.50. The maximum atomic E-state index is 11.5. The van der Waals surface area contributed by atoms with Gasteiger partial charge in [0.25, 0.3) is 0 Å². The first-order chi connectivity index (χ1) is 8.97. The number of ketones is 1. The van der Waals surface area contributed by atoms with Crippen LogP contribution in [0.25, 0.3) is 0 Å². The van der Waals surface area contributed by atoms with Gasteiger partial charge in [-0.05, 0) is 44.0 Å². The molecule has 0 saturated carbocycles. The SMILES string of the molecule is CC(=O)/C=C(/C)Nc1ccc2c(c1)N(C(C)=O)CC2. The summed E-state index contributed by atoms with van der Waals surface area (Å²) in [6.07, 6.45) is 2.45. The molecule has 1 aromatic rings. The van der Waals surface area contributed by atoms with E-state index in [0.29, 0.717) is 0 Å². The van der Waals surface area contributed by atoms with Crippen molar-refractivity contribution in [1.29, 1.82) is 0 Å². The number of nitrogens with zero attached hydrogens (tertiary/aromatic N) is 1. The van der Waals surface area contributed by atoms with Crippen LogP contribution in [0.3, 0.4) is 0 Å². The summed E-state index contributed by atoms with van der Waals surface area (Å²) in [7, 11) is 0. The van der Waals surface area contributed by atoms with E-state index < -0.39 is 0 Å². The average Bonchev–Trinajstić information content (AvgIpc) is 2.70. The molecule has 4 heteroatoms. The van der Waals surface area contributed by atoms with Gasteiger partial charge in [0.15, 0.2) is 5.78 Å². The summed E-state index contributed by atoms with van der Waals surface area (Å²) in [4.78, 5) is 24.3. The van der Waals surface area contributed by atoms with Crippen LogP contribution in [0.4, 0.5) is 11.4 Å². The largest absolute Gasteiger partial charge is 0.359 e. The number of benzene rings is 1. The van der Waals surface area contributed by atoms with Crippen molar-refractivity contribution in [1.82, 2.24) is 0 Å². The van der Waals surface area contributed by atoms with E-state index in [9.17, 15) is 9.59 Å². The summed E-state index contributed by atoms with van der Waals surface area (Å²) in [6.45, 7) is 5.69. The number of fused-ring (bicyclic) bond motifs is 1. The summed E-state index contributed by atoms with van der Waals surface area (Å²) < 4.78 is 0. The third-order valence-corrected chi connectivity index (χ3v) is 3.12. The third kappa shape index (κ3) is 3.02. The number of amides is 1. The number of nitrogens with one attached hydrogen (secondary N) is 1. The molecule has 0 atom stereocenters. The molecule has 0 radical (unpaired) electrons. The standard InChI is InChI=1S/C15H18N2O2/c1-10(8-11(2)18)16-14-5-4-13-6-7-17(12(3)19)15(13)9-14/h4-5,8-9,16H,6-7H2,1-3H3/b10-8-. The number of hydrogen-bond acceptors (Lipinski definition) is 3. The van der Waals surface area contributed by atoms with E-state index >= 15 is 0 Å². The maximum Gasteiger partial charge on any atom is 0.223 e. The number of allylic oxidation sites excluding steroid dienone is 2. The van der Waals surface area contributed by atoms with Crippen LogP contribution in [0.15, 0.2) is 30.0 Å². The quantitative estimate of drug-likeness (QED) is 0.847. The Hall–Kier alpha value is -2.10. The molecule has 0 unspecified atom stereocenters. The Morgan fingerprint density at radius 3 is 2.63 bits per heavy atom. The Morgan fingerprint density at radius 1 is 1.26 bits per heavy atom. The van der Waals surface area contributed by atoms with Crippen LogP contribution in [0.5, 0.6) is 0 Å². The molecule has 2 rings (SSSR count). The van der Waals surface area contributed by atoms with Gasteiger partial charge < -0.3 is 10.2 Å². The van der Waals surface area contributed by atoms with Crippen LogP contribution in [-0.4, -0.2) is 18.2 Å². The lowest BCUT2D eigenvalue weighted by Crippen LogP contribution is -2.25. The zero-order valence-corrected chi connectivity index (χ0v) is 11.5. The van der Waals surface area contributed by atoms with E-state index in [2.05, 4.69) is 5.32 Å². The fourth-order valence-electron chi connectivity index (χ4n) is 2.35. The minimum absolute atomic E-state index is 0.0107. The van der Waals surface area contributed by atoms with Crippen molar-refractivity contribution in [2.45, 2.75) is 27.2 Å². The van der Waals surface area contributed by atoms with Crippen LogP contribution in [0.2, 0.25) is 0 Å². The van der Waals surface area contributed by atoms with Gasteiger partial charge in [0.05, 0.1) is 0 Å². The van der Waals surface area contributed by atoms with Crippen molar-refractivity contribution >= 4 is 23.1 Å². The van der Waals surface area contributed by atoms with E-state index in [1.807, 2.05) is 25.1 Å². The summed E-state index contributed by atoms with van der Waals surface area (Å²) in [6, 6.07) is 5.96. The van der Waals surface area contributed by atoms with Gasteiger partial charge in [-0.25, -0.2) is 0 Å². The van der Waals surface area contributed by atoms with E-state index in [0.717, 1.165) is 30.0 Å². The number of rotatable bonds is 3. The summed E-state index contributed by atoms with van der Waals surface area (Å²) in [5, 5.41) is 3.16. The highest BCUT2D eigenvalue weighted by atomic mass is 16.2. The Balaban J connectivity index is 2.24. The molecular formula is C15H18N2O2. The van der Waals surface area contributed by atoms with Crippen LogP contribution >= 0.6 is 0 Å². The van der Waals surface area contributed by atoms with Crippen molar-refractivity contribution in [2.24, 2.45) is 0 Å². The molecule has 0 spiro atoms. The minimum atomic E-state index is 0.0107. The van der Waals surface area contributed by atoms with Crippen molar-refractivity contribution in [2.75, 3.05) is 16.8 Å². The molecule has 0 aromatic heterocycles. The van der Waals surface area contributed by atoms with Crippen molar-refractivity contribution in [3.63, 3.8) is 0 Å². The van der Waals surface area contributed by atoms with Crippen LogP contribution < -0.4 is 10.2 Å². The third-order valence-electron chi connectivity index (χ3n) is 3.12. The first-order valence-corrected chi connectivity index (χ1v) is 6.34. The molecule has 0 bridgehead atoms. The van der Waals surface area contributed by atoms with Crippen LogP contribution in [-0.2, 0) is 16.0 Å². The monoisotopic (exact) mass is 258 g/mol. The first-order valence-electron chi connectivity index (χ1n) is 6.34. The first kappa shape index (κ1) is 13.3. The molecule has 1 N–H and O–H groups in total. The number of anilines is 2. The van der Waals surface area contributed by atoms with Crippen molar-refractivity contribution in [3.8, 4) is 0 Å². The van der Waals surface area contributed by atoms with Crippen LogP contribution in [0, 0.1) is 0 Å². The Bertz CT molecular complexity index is 561. The second kappa shape index (κ2) is 5.26. The van der Waals surface area contributed by atoms with Crippen LogP contribution in [0.1, 0.15) is 26.3 Å². The number of carbonyl (C=O) groups excluding carboxylic acids is 2. The van der Waals surface area contributed by atoms with Gasteiger partial charge >= 0.3 is 0 Å². The maximum absolute atomic E-state index is 11.5. The molecular weight excluding hydrogens is 240 g/mol. The van der Waals surface area contributed by atoms with E-state index in [1.165, 1.54) is 12.5 Å². The van der Waals surface area contributed by atoms with Crippen molar-refractivity contribution < 1.29 is 9.59 Å². The Kier molecular flexibility index (Phi) is 3.69. The fraction of sp³-hybridized carbons (Fsp3) is 0.333. The zero-order chi connectivity index (χ0) is 14.0. The van der Waals surface area contributed by atoms with Crippen molar-refractivity contribution in [3.05, 3.63) is 35.5 Å². The molecule has 19 heavy (non-hydrogen) atoms. The molecule has 1 aliphatic heterocycles. The van der Waals surface area contributed by atoms with E-state index in [-0.39, 0.29) is 11.7 Å². The fourth-order valence-corrected chi connectivity index (χ4v) is 2.35. The molecule has 100 valence electrons. The lowest BCUT2D eigenvalue weighted by atomic mass is 10.1. The molecule has 4 nitrogen and oxygen atoms in total. The minimum Gasteiger partial charge on any atom is -0.359 e. The summed E-state index contributed by atoms with van der Waals surface area (Å²) in [5.41, 5.74) is 3.84. The normalized spacial score (nSPS) is 14.3. The van der Waals surface area contributed by atoms with Gasteiger partial charge in [0.1, 0.15) is 0 Å². The van der Waals surface area contributed by atoms with Gasteiger partial charge in [-0.3, -0.25) is 9.59 Å². The second-order valence-electron chi connectivity index (χ2n) is 4.83. The zero-order valence-electron chi connectivity index (χ0n) is 11.5. The van der Waals surface area contributed by atoms with E-state index in [1.54, 1.807) is 17.9 Å². The molecule has 0 aliphatic carbocycles. The molecule has 0 fully saturated rings. The van der Waals surface area contributed by atoms with E-state index in [4.69, 9.17) is 0 Å². The molecule has 1 aliphatic rings. The highest BCUT2D eigenvalue weighted by Crippen LogP contribution is 2.31. The van der Waals surface area contributed by atoms with Gasteiger partial charge in [0.2, 0.25) is 5.91 Å². The topological polar surface area (TPSA) is 49.4 Å². The van der Waals surface area contributed by atoms with Gasteiger partial charge in [-0.1, -0.05) is 6.07 Å². The van der Waals surface area contributed by atoms with Gasteiger partial charge in [-0.2, -0.15) is 0 Å². The lowest BCUT2D eigenvalue weighted by Gasteiger charge is -2.16. The summed E-state index contributed by atoms with van der Waals surface area (Å²) in [5.74, 6) is 0.0726. The number of hydrogen-bond donors (Lipinski definition) is 1. The average molecular weight is 258 g/mol. The Morgan fingerprint density at radius 2 is 2.00 bits per heavy atom. The van der Waals surface area contributed by atoms with Gasteiger partial charge in [-0.15, -0.1) is 0 Å². The predicted molar refractivity (Wildman–Crippen MR) is 76.2 cm³/mol. The number of carbonyl (C=O) groups is 2. The molecule has 1 heterocycles. The summed E-state index contributed by atoms with van der Waals surface area (Å²) >= 11 is 0. The smallest absolute Gasteiger partial charge is 0.223 e.